The van der Waals surface area contributed by atoms with Crippen molar-refractivity contribution in [2.45, 2.75) is 38.8 Å². The number of amides is 1. The lowest BCUT2D eigenvalue weighted by atomic mass is 10.0. The zero-order chi connectivity index (χ0) is 17.6. The first-order valence-corrected chi connectivity index (χ1v) is 8.69. The molecule has 1 aromatic carbocycles. The van der Waals surface area contributed by atoms with Gasteiger partial charge in [-0.15, -0.1) is 12.4 Å². The van der Waals surface area contributed by atoms with Gasteiger partial charge >= 0.3 is 0 Å². The van der Waals surface area contributed by atoms with Gasteiger partial charge in [0.2, 0.25) is 11.7 Å². The van der Waals surface area contributed by atoms with E-state index in [0.29, 0.717) is 35.5 Å². The number of hydrogen-bond acceptors (Lipinski definition) is 6. The monoisotopic (exact) mass is 380 g/mol. The fourth-order valence-corrected chi connectivity index (χ4v) is 2.90. The summed E-state index contributed by atoms with van der Waals surface area (Å²) in [7, 11) is 1.88. The Morgan fingerprint density at radius 1 is 1.31 bits per heavy atom. The molecule has 1 fully saturated rings. The van der Waals surface area contributed by atoms with Crippen molar-refractivity contribution in [3.63, 3.8) is 0 Å². The molecule has 0 saturated carbocycles. The second-order valence-corrected chi connectivity index (χ2v) is 6.17. The molecular formula is C18H25ClN4O3. The number of carbonyl (C=O) groups is 1. The van der Waals surface area contributed by atoms with Gasteiger partial charge in [-0.3, -0.25) is 4.79 Å². The Morgan fingerprint density at radius 2 is 2.00 bits per heavy atom. The molecular weight excluding hydrogens is 356 g/mol. The number of nitrogens with one attached hydrogen (secondary N) is 1. The molecule has 1 aromatic heterocycles. The van der Waals surface area contributed by atoms with Gasteiger partial charge in [-0.25, -0.2) is 0 Å². The van der Waals surface area contributed by atoms with E-state index < -0.39 is 0 Å². The second-order valence-electron chi connectivity index (χ2n) is 6.17. The summed E-state index contributed by atoms with van der Waals surface area (Å²) in [4.78, 5) is 18.6. The third kappa shape index (κ3) is 4.95. The maximum atomic E-state index is 12.6. The van der Waals surface area contributed by atoms with E-state index in [4.69, 9.17) is 9.26 Å². The third-order valence-electron chi connectivity index (χ3n) is 4.46. The maximum absolute atomic E-state index is 12.6. The number of ether oxygens (including phenoxy) is 1. The van der Waals surface area contributed by atoms with Crippen LogP contribution >= 0.6 is 12.4 Å². The number of nitrogens with zero attached hydrogens (tertiary/aromatic N) is 3. The number of piperidine rings is 1. The molecule has 0 atom stereocenters. The molecule has 142 valence electrons. The lowest BCUT2D eigenvalue weighted by Crippen LogP contribution is -2.43. The molecule has 1 amide bonds. The molecule has 0 spiro atoms. The van der Waals surface area contributed by atoms with Crippen LogP contribution in [0.3, 0.4) is 0 Å². The number of carbonyl (C=O) groups excluding carboxylic acids is 1. The summed E-state index contributed by atoms with van der Waals surface area (Å²) in [5, 5.41) is 7.16. The first kappa shape index (κ1) is 20.2. The molecule has 1 N–H and O–H groups in total. The van der Waals surface area contributed by atoms with Crippen LogP contribution in [0.2, 0.25) is 0 Å². The Bertz CT molecular complexity index is 699. The average Bonchev–Trinajstić information content (AvgIpc) is 3.14. The average molecular weight is 381 g/mol. The van der Waals surface area contributed by atoms with Crippen molar-refractivity contribution >= 4 is 18.3 Å². The predicted molar refractivity (Wildman–Crippen MR) is 99.7 cm³/mol. The number of aryl methyl sites for hydroxylation is 1. The van der Waals surface area contributed by atoms with Crippen LogP contribution in [0.4, 0.5) is 0 Å². The van der Waals surface area contributed by atoms with E-state index in [1.54, 1.807) is 24.3 Å². The summed E-state index contributed by atoms with van der Waals surface area (Å²) in [6.07, 6.45) is 2.69. The van der Waals surface area contributed by atoms with Crippen molar-refractivity contribution in [3.8, 4) is 5.75 Å². The third-order valence-corrected chi connectivity index (χ3v) is 4.46. The van der Waals surface area contributed by atoms with Crippen molar-refractivity contribution in [1.82, 2.24) is 20.4 Å². The highest BCUT2D eigenvalue weighted by Gasteiger charge is 2.22. The molecule has 8 heteroatoms. The fourth-order valence-electron chi connectivity index (χ4n) is 2.90. The Morgan fingerprint density at radius 3 is 2.62 bits per heavy atom. The predicted octanol–water partition coefficient (Wildman–Crippen LogP) is 2.46. The molecule has 3 rings (SSSR count). The number of halogens is 1. The Balaban J connectivity index is 0.00000243. The van der Waals surface area contributed by atoms with Crippen molar-refractivity contribution < 1.29 is 14.1 Å². The molecule has 0 bridgehead atoms. The number of rotatable bonds is 6. The van der Waals surface area contributed by atoms with E-state index in [9.17, 15) is 4.79 Å². The smallest absolute Gasteiger partial charge is 0.253 e. The van der Waals surface area contributed by atoms with Crippen molar-refractivity contribution in [2.24, 2.45) is 0 Å². The lowest BCUT2D eigenvalue weighted by Gasteiger charge is -2.31. The van der Waals surface area contributed by atoms with Crippen LogP contribution in [-0.2, 0) is 13.0 Å². The van der Waals surface area contributed by atoms with Crippen LogP contribution in [0.5, 0.6) is 5.75 Å². The number of hydrogen-bond donors (Lipinski definition) is 1. The van der Waals surface area contributed by atoms with Crippen molar-refractivity contribution in [2.75, 3.05) is 20.1 Å². The molecule has 0 aliphatic carbocycles. The van der Waals surface area contributed by atoms with Gasteiger partial charge in [-0.2, -0.15) is 4.98 Å². The van der Waals surface area contributed by atoms with Gasteiger partial charge in [0.15, 0.2) is 6.61 Å². The minimum atomic E-state index is 0. The van der Waals surface area contributed by atoms with Gasteiger partial charge in [-0.1, -0.05) is 12.1 Å². The highest BCUT2D eigenvalue weighted by molar-refractivity contribution is 5.94. The van der Waals surface area contributed by atoms with Gasteiger partial charge < -0.3 is 19.5 Å². The van der Waals surface area contributed by atoms with E-state index in [2.05, 4.69) is 15.5 Å². The molecule has 1 aliphatic rings. The van der Waals surface area contributed by atoms with Crippen LogP contribution in [-0.4, -0.2) is 47.1 Å². The van der Waals surface area contributed by atoms with E-state index >= 15 is 0 Å². The van der Waals surface area contributed by atoms with E-state index in [1.807, 2.05) is 18.9 Å². The minimum absolute atomic E-state index is 0. The summed E-state index contributed by atoms with van der Waals surface area (Å²) in [5.41, 5.74) is 0.668. The van der Waals surface area contributed by atoms with E-state index in [-0.39, 0.29) is 24.9 Å². The van der Waals surface area contributed by atoms with Crippen molar-refractivity contribution in [1.29, 1.82) is 0 Å². The zero-order valence-corrected chi connectivity index (χ0v) is 15.9. The van der Waals surface area contributed by atoms with Gasteiger partial charge in [0.05, 0.1) is 0 Å². The Kier molecular flexibility index (Phi) is 7.41. The zero-order valence-electron chi connectivity index (χ0n) is 15.1. The highest BCUT2D eigenvalue weighted by Crippen LogP contribution is 2.17. The van der Waals surface area contributed by atoms with Crippen LogP contribution in [0.15, 0.2) is 28.8 Å². The van der Waals surface area contributed by atoms with Crippen LogP contribution in [0, 0.1) is 0 Å². The first-order valence-electron chi connectivity index (χ1n) is 8.69. The summed E-state index contributed by atoms with van der Waals surface area (Å²) in [5.74, 6) is 1.83. The second kappa shape index (κ2) is 9.54. The van der Waals surface area contributed by atoms with Gasteiger partial charge in [0, 0.05) is 25.1 Å². The van der Waals surface area contributed by atoms with Crippen LogP contribution in [0.1, 0.15) is 41.8 Å². The standard InChI is InChI=1S/C18H24N4O3.ClH/c1-3-17-20-16(21-25-17)12-24-15-6-4-13(5-7-15)18(23)22(2)14-8-10-19-11-9-14;/h4-7,14,19H,3,8-12H2,1-2H3;1H. The number of aromatic nitrogens is 2. The minimum Gasteiger partial charge on any atom is -0.485 e. The summed E-state index contributed by atoms with van der Waals surface area (Å²) in [6.45, 7) is 4.12. The molecule has 1 saturated heterocycles. The van der Waals surface area contributed by atoms with Crippen LogP contribution in [0.25, 0.3) is 0 Å². The molecule has 7 nitrogen and oxygen atoms in total. The molecule has 0 radical (unpaired) electrons. The highest BCUT2D eigenvalue weighted by atomic mass is 35.5. The Labute approximate surface area is 159 Å². The van der Waals surface area contributed by atoms with E-state index in [1.165, 1.54) is 0 Å². The normalized spacial score (nSPS) is 14.5. The SMILES string of the molecule is CCc1nc(COc2ccc(C(=O)N(C)C3CCNCC3)cc2)no1.Cl. The topological polar surface area (TPSA) is 80.5 Å². The first-order chi connectivity index (χ1) is 12.2. The largest absolute Gasteiger partial charge is 0.485 e. The molecule has 26 heavy (non-hydrogen) atoms. The molecule has 2 heterocycles. The Hall–Kier alpha value is -2.12. The summed E-state index contributed by atoms with van der Waals surface area (Å²) >= 11 is 0. The molecule has 1 aliphatic heterocycles. The summed E-state index contributed by atoms with van der Waals surface area (Å²) < 4.78 is 10.7. The fraction of sp³-hybridized carbons (Fsp3) is 0.500. The quantitative estimate of drug-likeness (QED) is 0.829. The van der Waals surface area contributed by atoms with E-state index in [0.717, 1.165) is 25.9 Å². The maximum Gasteiger partial charge on any atom is 0.253 e. The van der Waals surface area contributed by atoms with Crippen LogP contribution < -0.4 is 10.1 Å². The van der Waals surface area contributed by atoms with Gasteiger partial charge in [-0.05, 0) is 50.2 Å². The van der Waals surface area contributed by atoms with Gasteiger partial charge in [0.1, 0.15) is 5.75 Å². The lowest BCUT2D eigenvalue weighted by molar-refractivity contribution is 0.0703. The molecule has 2 aromatic rings. The summed E-state index contributed by atoms with van der Waals surface area (Å²) in [6, 6.07) is 7.48. The molecule has 0 unspecified atom stereocenters. The number of benzene rings is 1. The van der Waals surface area contributed by atoms with Crippen molar-refractivity contribution in [3.05, 3.63) is 41.5 Å². The van der Waals surface area contributed by atoms with Gasteiger partial charge in [0.25, 0.3) is 5.91 Å².